The average molecular weight is 364 g/mol. The highest BCUT2D eigenvalue weighted by atomic mass is 32.2. The zero-order valence-corrected chi connectivity index (χ0v) is 15.6. The van der Waals surface area contributed by atoms with Crippen LogP contribution in [0.4, 0.5) is 0 Å². The molecule has 0 bridgehead atoms. The fourth-order valence-electron chi connectivity index (χ4n) is 2.47. The first-order chi connectivity index (χ1) is 11.9. The van der Waals surface area contributed by atoms with Crippen LogP contribution in [0.5, 0.6) is 0 Å². The first kappa shape index (κ1) is 19.1. The molecule has 1 aromatic heterocycles. The number of nitrogens with zero attached hydrogens (tertiary/aromatic N) is 4. The van der Waals surface area contributed by atoms with E-state index in [1.165, 1.54) is 19.4 Å². The van der Waals surface area contributed by atoms with Gasteiger partial charge in [0.1, 0.15) is 4.90 Å². The third kappa shape index (κ3) is 4.67. The molecule has 2 rings (SSSR count). The van der Waals surface area contributed by atoms with Crippen LogP contribution < -0.4 is 0 Å². The highest BCUT2D eigenvalue weighted by Gasteiger charge is 2.25. The number of hydrogen-bond donors (Lipinski definition) is 0. The summed E-state index contributed by atoms with van der Waals surface area (Å²) in [4.78, 5) is 13.8. The van der Waals surface area contributed by atoms with Crippen molar-refractivity contribution in [3.8, 4) is 0 Å². The van der Waals surface area contributed by atoms with Crippen molar-refractivity contribution < 1.29 is 13.2 Å². The van der Waals surface area contributed by atoms with Crippen molar-refractivity contribution in [2.75, 3.05) is 26.7 Å². The molecule has 0 atom stereocenters. The van der Waals surface area contributed by atoms with E-state index in [-0.39, 0.29) is 17.3 Å². The number of benzene rings is 1. The molecule has 0 spiro atoms. The van der Waals surface area contributed by atoms with Gasteiger partial charge in [-0.05, 0) is 19.4 Å². The molecule has 0 saturated carbocycles. The SMILES string of the molecule is CCN(CC)C(=O)CN(C)S(=O)(=O)c1cnn(Cc2ccccc2)c1. The fourth-order valence-corrected chi connectivity index (χ4v) is 3.54. The molecule has 0 aliphatic carbocycles. The van der Waals surface area contributed by atoms with Gasteiger partial charge >= 0.3 is 0 Å². The van der Waals surface area contributed by atoms with Gasteiger partial charge in [-0.25, -0.2) is 8.42 Å². The maximum atomic E-state index is 12.6. The van der Waals surface area contributed by atoms with Crippen LogP contribution in [-0.4, -0.2) is 60.0 Å². The van der Waals surface area contributed by atoms with Crippen LogP contribution in [0.25, 0.3) is 0 Å². The molecule has 0 aliphatic heterocycles. The highest BCUT2D eigenvalue weighted by molar-refractivity contribution is 7.89. The Labute approximate surface area is 148 Å². The van der Waals surface area contributed by atoms with Crippen LogP contribution >= 0.6 is 0 Å². The first-order valence-corrected chi connectivity index (χ1v) is 9.63. The summed E-state index contributed by atoms with van der Waals surface area (Å²) in [6, 6.07) is 9.66. The maximum absolute atomic E-state index is 12.6. The van der Waals surface area contributed by atoms with Crippen LogP contribution in [0, 0.1) is 0 Å². The van der Waals surface area contributed by atoms with Crippen molar-refractivity contribution in [1.82, 2.24) is 19.0 Å². The maximum Gasteiger partial charge on any atom is 0.246 e. The molecule has 25 heavy (non-hydrogen) atoms. The Morgan fingerprint density at radius 1 is 1.16 bits per heavy atom. The first-order valence-electron chi connectivity index (χ1n) is 8.19. The van der Waals surface area contributed by atoms with E-state index in [9.17, 15) is 13.2 Å². The average Bonchev–Trinajstić information content (AvgIpc) is 3.06. The number of amides is 1. The Morgan fingerprint density at radius 2 is 1.80 bits per heavy atom. The van der Waals surface area contributed by atoms with Crippen molar-refractivity contribution in [1.29, 1.82) is 0 Å². The van der Waals surface area contributed by atoms with E-state index >= 15 is 0 Å². The summed E-state index contributed by atoms with van der Waals surface area (Å²) in [6.07, 6.45) is 2.80. The second kappa shape index (κ2) is 8.26. The zero-order valence-electron chi connectivity index (χ0n) is 14.8. The summed E-state index contributed by atoms with van der Waals surface area (Å²) in [5.41, 5.74) is 1.03. The van der Waals surface area contributed by atoms with Crippen molar-refractivity contribution in [2.45, 2.75) is 25.3 Å². The van der Waals surface area contributed by atoms with Gasteiger partial charge in [-0.3, -0.25) is 9.48 Å². The number of aromatic nitrogens is 2. The van der Waals surface area contributed by atoms with E-state index < -0.39 is 10.0 Å². The predicted molar refractivity (Wildman–Crippen MR) is 95.5 cm³/mol. The second-order valence-corrected chi connectivity index (χ2v) is 7.73. The molecule has 136 valence electrons. The topological polar surface area (TPSA) is 75.5 Å². The summed E-state index contributed by atoms with van der Waals surface area (Å²) in [7, 11) is -2.34. The van der Waals surface area contributed by atoms with Crippen LogP contribution in [0.3, 0.4) is 0 Å². The smallest absolute Gasteiger partial charge is 0.246 e. The summed E-state index contributed by atoms with van der Waals surface area (Å²) < 4.78 is 27.9. The molecule has 0 fully saturated rings. The van der Waals surface area contributed by atoms with Crippen molar-refractivity contribution in [2.24, 2.45) is 0 Å². The second-order valence-electron chi connectivity index (χ2n) is 5.69. The molecule has 1 amide bonds. The number of carbonyl (C=O) groups is 1. The lowest BCUT2D eigenvalue weighted by Gasteiger charge is -2.22. The minimum absolute atomic E-state index is 0.0817. The molecule has 1 aromatic carbocycles. The molecule has 0 N–H and O–H groups in total. The van der Waals surface area contributed by atoms with E-state index in [1.54, 1.807) is 9.58 Å². The largest absolute Gasteiger partial charge is 0.342 e. The number of sulfonamides is 1. The molecule has 2 aromatic rings. The Hall–Kier alpha value is -2.19. The number of rotatable bonds is 8. The molecule has 8 heteroatoms. The summed E-state index contributed by atoms with van der Waals surface area (Å²) in [5.74, 6) is -0.215. The third-order valence-corrected chi connectivity index (χ3v) is 5.74. The summed E-state index contributed by atoms with van der Waals surface area (Å²) in [6.45, 7) is 5.13. The molecular formula is C17H24N4O3S. The van der Waals surface area contributed by atoms with Crippen LogP contribution in [-0.2, 0) is 21.4 Å². The van der Waals surface area contributed by atoms with Gasteiger partial charge in [-0.15, -0.1) is 0 Å². The van der Waals surface area contributed by atoms with Crippen LogP contribution in [0.2, 0.25) is 0 Å². The van der Waals surface area contributed by atoms with E-state index in [0.29, 0.717) is 19.6 Å². The molecular weight excluding hydrogens is 340 g/mol. The van der Waals surface area contributed by atoms with Crippen LogP contribution in [0.1, 0.15) is 19.4 Å². The lowest BCUT2D eigenvalue weighted by molar-refractivity contribution is -0.130. The fraction of sp³-hybridized carbons (Fsp3) is 0.412. The van der Waals surface area contributed by atoms with Gasteiger partial charge in [0.2, 0.25) is 15.9 Å². The Kier molecular flexibility index (Phi) is 6.33. The molecule has 0 unspecified atom stereocenters. The monoisotopic (exact) mass is 364 g/mol. The minimum Gasteiger partial charge on any atom is -0.342 e. The quantitative estimate of drug-likeness (QED) is 0.710. The summed E-state index contributed by atoms with van der Waals surface area (Å²) >= 11 is 0. The number of carbonyl (C=O) groups excluding carboxylic acids is 1. The third-order valence-electron chi connectivity index (χ3n) is 3.98. The number of hydrogen-bond acceptors (Lipinski definition) is 4. The highest BCUT2D eigenvalue weighted by Crippen LogP contribution is 2.14. The summed E-state index contributed by atoms with van der Waals surface area (Å²) in [5, 5.41) is 4.12. The molecule has 1 heterocycles. The predicted octanol–water partition coefficient (Wildman–Crippen LogP) is 1.42. The molecule has 0 saturated heterocycles. The van der Waals surface area contributed by atoms with Gasteiger partial charge in [-0.2, -0.15) is 9.40 Å². The van der Waals surface area contributed by atoms with Gasteiger partial charge in [0.05, 0.1) is 19.3 Å². The molecule has 0 radical (unpaired) electrons. The zero-order chi connectivity index (χ0) is 18.4. The normalized spacial score (nSPS) is 11.7. The minimum atomic E-state index is -3.75. The van der Waals surface area contributed by atoms with E-state index in [1.807, 2.05) is 44.2 Å². The lowest BCUT2D eigenvalue weighted by Crippen LogP contribution is -2.40. The Morgan fingerprint density at radius 3 is 2.40 bits per heavy atom. The lowest BCUT2D eigenvalue weighted by atomic mass is 10.2. The number of likely N-dealkylation sites (N-methyl/N-ethyl adjacent to an activating group) is 2. The van der Waals surface area contributed by atoms with Crippen LogP contribution in [0.15, 0.2) is 47.6 Å². The van der Waals surface area contributed by atoms with Crippen molar-refractivity contribution >= 4 is 15.9 Å². The van der Waals surface area contributed by atoms with E-state index in [4.69, 9.17) is 0 Å². The standard InChI is InChI=1S/C17H24N4O3S/c1-4-20(5-2)17(22)14-19(3)25(23,24)16-11-18-21(13-16)12-15-9-7-6-8-10-15/h6-11,13H,4-5,12,14H2,1-3H3. The Balaban J connectivity index is 2.10. The Bertz CT molecular complexity index is 798. The van der Waals surface area contributed by atoms with Crippen molar-refractivity contribution in [3.63, 3.8) is 0 Å². The van der Waals surface area contributed by atoms with E-state index in [2.05, 4.69) is 5.10 Å². The van der Waals surface area contributed by atoms with Gasteiger partial charge in [0.15, 0.2) is 0 Å². The van der Waals surface area contributed by atoms with Crippen molar-refractivity contribution in [3.05, 3.63) is 48.3 Å². The van der Waals surface area contributed by atoms with Gasteiger partial charge in [0, 0.05) is 26.3 Å². The molecule has 7 nitrogen and oxygen atoms in total. The molecule has 0 aliphatic rings. The van der Waals surface area contributed by atoms with Gasteiger partial charge in [-0.1, -0.05) is 30.3 Å². The van der Waals surface area contributed by atoms with E-state index in [0.717, 1.165) is 9.87 Å². The van der Waals surface area contributed by atoms with Gasteiger partial charge in [0.25, 0.3) is 0 Å². The van der Waals surface area contributed by atoms with Gasteiger partial charge < -0.3 is 4.90 Å².